The van der Waals surface area contributed by atoms with Gasteiger partial charge in [0.1, 0.15) is 19.0 Å². The molecule has 0 spiro atoms. The van der Waals surface area contributed by atoms with Crippen LogP contribution in [0.15, 0.2) is 47.5 Å². The topological polar surface area (TPSA) is 66.1 Å². The van der Waals surface area contributed by atoms with E-state index < -0.39 is 0 Å². The fraction of sp³-hybridized carbons (Fsp3) is 0.235. The van der Waals surface area contributed by atoms with E-state index in [4.69, 9.17) is 31.5 Å². The molecular formula is C17H17ClN2O3S. The van der Waals surface area contributed by atoms with Crippen molar-refractivity contribution in [2.75, 3.05) is 25.6 Å². The lowest BCUT2D eigenvalue weighted by atomic mass is 10.2. The number of amidine groups is 1. The zero-order chi connectivity index (χ0) is 16.8. The molecule has 0 unspecified atom stereocenters. The minimum Gasteiger partial charge on any atom is -0.491 e. The fourth-order valence-electron chi connectivity index (χ4n) is 2.12. The summed E-state index contributed by atoms with van der Waals surface area (Å²) in [6.07, 6.45) is 0. The molecule has 0 aliphatic carbocycles. The molecule has 0 bridgehead atoms. The van der Waals surface area contributed by atoms with Crippen molar-refractivity contribution in [3.8, 4) is 17.2 Å². The molecule has 0 fully saturated rings. The molecule has 0 radical (unpaired) electrons. The second-order valence-corrected chi connectivity index (χ2v) is 6.43. The zero-order valence-electron chi connectivity index (χ0n) is 12.9. The van der Waals surface area contributed by atoms with Crippen molar-refractivity contribution in [2.45, 2.75) is 0 Å². The highest BCUT2D eigenvalue weighted by molar-refractivity contribution is 8.13. The summed E-state index contributed by atoms with van der Waals surface area (Å²) in [4.78, 5) is 4.37. The normalized spacial score (nSPS) is 13.6. The number of rotatable bonds is 5. The van der Waals surface area contributed by atoms with Gasteiger partial charge in [-0.3, -0.25) is 0 Å². The first-order chi connectivity index (χ1) is 11.7. The number of thioether (sulfide) groups is 1. The number of hydrogen-bond donors (Lipinski definition) is 1. The Bertz CT molecular complexity index is 740. The summed E-state index contributed by atoms with van der Waals surface area (Å²) in [6, 6.07) is 12.9. The molecule has 0 amide bonds. The molecule has 1 aliphatic heterocycles. The van der Waals surface area contributed by atoms with Crippen LogP contribution in [0.25, 0.3) is 0 Å². The number of hydrogen-bond acceptors (Lipinski definition) is 5. The van der Waals surface area contributed by atoms with Crippen LogP contribution < -0.4 is 19.9 Å². The van der Waals surface area contributed by atoms with Gasteiger partial charge in [-0.1, -0.05) is 35.5 Å². The maximum atomic E-state index is 6.03. The fourth-order valence-corrected chi connectivity index (χ4v) is 2.86. The van der Waals surface area contributed by atoms with Crippen LogP contribution in [0.1, 0.15) is 0 Å². The van der Waals surface area contributed by atoms with Crippen LogP contribution in [0.5, 0.6) is 17.2 Å². The van der Waals surface area contributed by atoms with E-state index >= 15 is 0 Å². The highest BCUT2D eigenvalue weighted by Gasteiger charge is 2.11. The zero-order valence-corrected chi connectivity index (χ0v) is 14.5. The quantitative estimate of drug-likeness (QED) is 0.495. The van der Waals surface area contributed by atoms with Gasteiger partial charge in [-0.25, -0.2) is 4.99 Å². The number of nitrogens with two attached hydrogens (primary N) is 1. The lowest BCUT2D eigenvalue weighted by Gasteiger charge is -2.18. The Labute approximate surface area is 149 Å². The Kier molecular flexibility index (Phi) is 5.72. The van der Waals surface area contributed by atoms with Gasteiger partial charge < -0.3 is 19.9 Å². The largest absolute Gasteiger partial charge is 0.491 e. The van der Waals surface area contributed by atoms with Crippen molar-refractivity contribution in [2.24, 2.45) is 10.7 Å². The SMILES string of the molecule is NC(=Nc1ccc2c(c1)OCCO2)SCCOc1ccccc1Cl. The third-order valence-electron chi connectivity index (χ3n) is 3.19. The first-order valence-electron chi connectivity index (χ1n) is 7.46. The molecule has 126 valence electrons. The summed E-state index contributed by atoms with van der Waals surface area (Å²) in [5.41, 5.74) is 6.68. The number of fused-ring (bicyclic) bond motifs is 1. The Morgan fingerprint density at radius 1 is 1.17 bits per heavy atom. The Hall–Kier alpha value is -2.05. The van der Waals surface area contributed by atoms with Crippen molar-refractivity contribution in [1.82, 2.24) is 0 Å². The van der Waals surface area contributed by atoms with Gasteiger partial charge in [0.15, 0.2) is 16.7 Å². The maximum absolute atomic E-state index is 6.03. The van der Waals surface area contributed by atoms with Gasteiger partial charge in [-0.05, 0) is 24.3 Å². The standard InChI is InChI=1S/C17H17ClN2O3S/c18-13-3-1-2-4-14(13)23-9-10-24-17(19)20-12-5-6-15-16(11-12)22-8-7-21-15/h1-6,11H,7-10H2,(H2,19,20). The molecule has 0 saturated carbocycles. The van der Waals surface area contributed by atoms with Gasteiger partial charge in [0.25, 0.3) is 0 Å². The summed E-state index contributed by atoms with van der Waals surface area (Å²) in [6.45, 7) is 1.61. The van der Waals surface area contributed by atoms with E-state index in [0.29, 0.717) is 47.3 Å². The Morgan fingerprint density at radius 3 is 2.79 bits per heavy atom. The maximum Gasteiger partial charge on any atom is 0.163 e. The molecule has 0 saturated heterocycles. The summed E-state index contributed by atoms with van der Waals surface area (Å²) in [5, 5.41) is 1.06. The summed E-state index contributed by atoms with van der Waals surface area (Å²) in [5.74, 6) is 2.77. The average Bonchev–Trinajstić information content (AvgIpc) is 2.60. The average molecular weight is 365 g/mol. The molecule has 24 heavy (non-hydrogen) atoms. The predicted molar refractivity (Wildman–Crippen MR) is 98.1 cm³/mol. The van der Waals surface area contributed by atoms with Crippen LogP contribution in [-0.4, -0.2) is 30.7 Å². The van der Waals surface area contributed by atoms with Gasteiger partial charge in [0.2, 0.25) is 0 Å². The molecule has 2 N–H and O–H groups in total. The van der Waals surface area contributed by atoms with Crippen LogP contribution in [0.3, 0.4) is 0 Å². The Balaban J connectivity index is 1.50. The minimum atomic E-state index is 0.467. The van der Waals surface area contributed by atoms with E-state index in [1.165, 1.54) is 11.8 Å². The predicted octanol–water partition coefficient (Wildman–Crippen LogP) is 3.87. The van der Waals surface area contributed by atoms with Gasteiger partial charge in [0, 0.05) is 11.8 Å². The number of nitrogens with zero attached hydrogens (tertiary/aromatic N) is 1. The number of halogens is 1. The molecule has 2 aromatic rings. The van der Waals surface area contributed by atoms with E-state index in [1.54, 1.807) is 6.07 Å². The van der Waals surface area contributed by atoms with Crippen LogP contribution >= 0.6 is 23.4 Å². The second-order valence-electron chi connectivity index (χ2n) is 4.91. The molecule has 7 heteroatoms. The van der Waals surface area contributed by atoms with Crippen molar-refractivity contribution >= 4 is 34.2 Å². The van der Waals surface area contributed by atoms with Crippen molar-refractivity contribution in [3.63, 3.8) is 0 Å². The summed E-state index contributed by atoms with van der Waals surface area (Å²) in [7, 11) is 0. The van der Waals surface area contributed by atoms with Crippen LogP contribution in [0.4, 0.5) is 5.69 Å². The van der Waals surface area contributed by atoms with Gasteiger partial charge >= 0.3 is 0 Å². The molecule has 1 aliphatic rings. The summed E-state index contributed by atoms with van der Waals surface area (Å²) < 4.78 is 16.6. The lowest BCUT2D eigenvalue weighted by Crippen LogP contribution is -2.15. The van der Waals surface area contributed by atoms with Crippen LogP contribution in [0.2, 0.25) is 5.02 Å². The highest BCUT2D eigenvalue weighted by atomic mass is 35.5. The molecule has 2 aromatic carbocycles. The lowest BCUT2D eigenvalue weighted by molar-refractivity contribution is 0.171. The molecule has 5 nitrogen and oxygen atoms in total. The van der Waals surface area contributed by atoms with E-state index in [2.05, 4.69) is 4.99 Å². The Morgan fingerprint density at radius 2 is 1.96 bits per heavy atom. The number of para-hydroxylation sites is 1. The van der Waals surface area contributed by atoms with E-state index in [0.717, 1.165) is 11.4 Å². The molecule has 1 heterocycles. The molecular weight excluding hydrogens is 348 g/mol. The smallest absolute Gasteiger partial charge is 0.163 e. The first kappa shape index (κ1) is 16.8. The molecule has 3 rings (SSSR count). The van der Waals surface area contributed by atoms with Crippen LogP contribution in [-0.2, 0) is 0 Å². The van der Waals surface area contributed by atoms with Gasteiger partial charge in [-0.2, -0.15) is 0 Å². The van der Waals surface area contributed by atoms with Crippen molar-refractivity contribution < 1.29 is 14.2 Å². The number of ether oxygens (including phenoxy) is 3. The first-order valence-corrected chi connectivity index (χ1v) is 8.83. The molecule has 0 atom stereocenters. The monoisotopic (exact) mass is 364 g/mol. The third kappa shape index (κ3) is 4.49. The second kappa shape index (κ2) is 8.17. The van der Waals surface area contributed by atoms with E-state index in [9.17, 15) is 0 Å². The minimum absolute atomic E-state index is 0.467. The van der Waals surface area contributed by atoms with E-state index in [-0.39, 0.29) is 0 Å². The third-order valence-corrected chi connectivity index (χ3v) is 4.26. The van der Waals surface area contributed by atoms with Gasteiger partial charge in [0.05, 0.1) is 17.3 Å². The van der Waals surface area contributed by atoms with E-state index in [1.807, 2.05) is 36.4 Å². The summed E-state index contributed by atoms with van der Waals surface area (Å²) >= 11 is 7.45. The molecule has 0 aromatic heterocycles. The number of benzene rings is 2. The van der Waals surface area contributed by atoms with Crippen molar-refractivity contribution in [3.05, 3.63) is 47.5 Å². The van der Waals surface area contributed by atoms with Gasteiger partial charge in [-0.15, -0.1) is 0 Å². The highest BCUT2D eigenvalue weighted by Crippen LogP contribution is 2.33. The number of aliphatic imine (C=N–C) groups is 1. The van der Waals surface area contributed by atoms with Crippen LogP contribution in [0, 0.1) is 0 Å². The van der Waals surface area contributed by atoms with Crippen molar-refractivity contribution in [1.29, 1.82) is 0 Å².